The molecule has 1 amide bonds. The molecule has 0 unspecified atom stereocenters. The molecule has 0 aliphatic heterocycles. The first-order valence-corrected chi connectivity index (χ1v) is 6.66. The van der Waals surface area contributed by atoms with Gasteiger partial charge in [-0.1, -0.05) is 38.5 Å². The van der Waals surface area contributed by atoms with Crippen LogP contribution < -0.4 is 10.1 Å². The highest BCUT2D eigenvalue weighted by molar-refractivity contribution is 5.84. The molecule has 0 fully saturated rings. The van der Waals surface area contributed by atoms with Crippen molar-refractivity contribution in [3.63, 3.8) is 0 Å². The Bertz CT molecular complexity index is 473. The molecular weight excluding hydrogens is 258 g/mol. The van der Waals surface area contributed by atoms with Gasteiger partial charge in [0.1, 0.15) is 11.8 Å². The van der Waals surface area contributed by atoms with E-state index in [9.17, 15) is 9.59 Å². The molecule has 0 heterocycles. The fourth-order valence-electron chi connectivity index (χ4n) is 1.76. The van der Waals surface area contributed by atoms with E-state index in [2.05, 4.69) is 5.32 Å². The van der Waals surface area contributed by atoms with Gasteiger partial charge in [0.2, 0.25) is 0 Å². The van der Waals surface area contributed by atoms with Crippen molar-refractivity contribution in [3.8, 4) is 5.75 Å². The van der Waals surface area contributed by atoms with Gasteiger partial charge in [-0.3, -0.25) is 4.79 Å². The van der Waals surface area contributed by atoms with Gasteiger partial charge < -0.3 is 15.2 Å². The second kappa shape index (κ2) is 7.53. The van der Waals surface area contributed by atoms with Gasteiger partial charge in [-0.15, -0.1) is 0 Å². The maximum atomic E-state index is 11.8. The van der Waals surface area contributed by atoms with Crippen LogP contribution in [0.25, 0.3) is 0 Å². The average molecular weight is 279 g/mol. The van der Waals surface area contributed by atoms with Crippen molar-refractivity contribution in [2.75, 3.05) is 6.61 Å². The highest BCUT2D eigenvalue weighted by atomic mass is 16.5. The summed E-state index contributed by atoms with van der Waals surface area (Å²) in [5, 5.41) is 11.6. The maximum absolute atomic E-state index is 11.8. The largest absolute Gasteiger partial charge is 0.484 e. The quantitative estimate of drug-likeness (QED) is 0.800. The minimum absolute atomic E-state index is 0.130. The van der Waals surface area contributed by atoms with Crippen LogP contribution in [0.3, 0.4) is 0 Å². The van der Waals surface area contributed by atoms with Crippen LogP contribution in [-0.4, -0.2) is 29.6 Å². The van der Waals surface area contributed by atoms with Crippen molar-refractivity contribution in [1.82, 2.24) is 5.32 Å². The summed E-state index contributed by atoms with van der Waals surface area (Å²) in [7, 11) is 0. The highest BCUT2D eigenvalue weighted by Crippen LogP contribution is 2.16. The number of nitrogens with one attached hydrogen (secondary N) is 1. The summed E-state index contributed by atoms with van der Waals surface area (Å²) in [4.78, 5) is 22.9. The van der Waals surface area contributed by atoms with Crippen molar-refractivity contribution in [2.24, 2.45) is 5.92 Å². The van der Waals surface area contributed by atoms with Gasteiger partial charge in [0.25, 0.3) is 5.91 Å². The lowest BCUT2D eigenvalue weighted by Gasteiger charge is -2.20. The first-order valence-electron chi connectivity index (χ1n) is 6.66. The van der Waals surface area contributed by atoms with Gasteiger partial charge in [-0.05, 0) is 24.5 Å². The van der Waals surface area contributed by atoms with Gasteiger partial charge in [0, 0.05) is 0 Å². The number of hydrogen-bond acceptors (Lipinski definition) is 3. The van der Waals surface area contributed by atoms with E-state index in [1.165, 1.54) is 0 Å². The molecule has 0 aromatic heterocycles. The van der Waals surface area contributed by atoms with Crippen LogP contribution in [0.15, 0.2) is 24.3 Å². The number of para-hydroxylation sites is 1. The summed E-state index contributed by atoms with van der Waals surface area (Å²) in [5.74, 6) is -0.961. The van der Waals surface area contributed by atoms with E-state index in [-0.39, 0.29) is 12.5 Å². The molecule has 5 nitrogen and oxygen atoms in total. The number of carbonyl (C=O) groups excluding carboxylic acids is 1. The molecule has 0 aliphatic rings. The fourth-order valence-corrected chi connectivity index (χ4v) is 1.76. The van der Waals surface area contributed by atoms with E-state index in [1.807, 2.05) is 32.0 Å². The molecule has 5 heteroatoms. The molecule has 2 N–H and O–H groups in total. The second-order valence-electron chi connectivity index (χ2n) is 4.82. The zero-order valence-electron chi connectivity index (χ0n) is 12.1. The van der Waals surface area contributed by atoms with Crippen LogP contribution >= 0.6 is 0 Å². The SMILES string of the molecule is CC[C@H](C)[C@H](NC(=O)COc1ccccc1C)C(=O)O. The molecule has 110 valence electrons. The lowest BCUT2D eigenvalue weighted by atomic mass is 9.99. The lowest BCUT2D eigenvalue weighted by molar-refractivity contribution is -0.143. The Labute approximate surface area is 118 Å². The fraction of sp³-hybridized carbons (Fsp3) is 0.467. The van der Waals surface area contributed by atoms with Gasteiger partial charge >= 0.3 is 5.97 Å². The smallest absolute Gasteiger partial charge is 0.326 e. The summed E-state index contributed by atoms with van der Waals surface area (Å²) in [6.45, 7) is 5.37. The molecule has 0 saturated heterocycles. The molecule has 0 spiro atoms. The second-order valence-corrected chi connectivity index (χ2v) is 4.82. The first-order chi connectivity index (χ1) is 9.45. The molecular formula is C15H21NO4. The van der Waals surface area contributed by atoms with E-state index in [0.717, 1.165) is 5.56 Å². The van der Waals surface area contributed by atoms with Gasteiger partial charge in [-0.25, -0.2) is 4.79 Å². The molecule has 2 atom stereocenters. The topological polar surface area (TPSA) is 75.6 Å². The monoisotopic (exact) mass is 279 g/mol. The predicted octanol–water partition coefficient (Wildman–Crippen LogP) is 1.99. The van der Waals surface area contributed by atoms with Crippen LogP contribution in [0, 0.1) is 12.8 Å². The Morgan fingerprint density at radius 2 is 2.00 bits per heavy atom. The maximum Gasteiger partial charge on any atom is 0.326 e. The van der Waals surface area contributed by atoms with Crippen LogP contribution in [0.5, 0.6) is 5.75 Å². The number of carboxylic acids is 1. The molecule has 1 aromatic carbocycles. The van der Waals surface area contributed by atoms with Crippen LogP contribution in [-0.2, 0) is 9.59 Å². The zero-order valence-corrected chi connectivity index (χ0v) is 12.1. The number of ether oxygens (including phenoxy) is 1. The van der Waals surface area contributed by atoms with E-state index in [0.29, 0.717) is 12.2 Å². The summed E-state index contributed by atoms with van der Waals surface area (Å²) in [6, 6.07) is 6.47. The molecule has 1 aromatic rings. The Morgan fingerprint density at radius 1 is 1.35 bits per heavy atom. The normalized spacial score (nSPS) is 13.3. The molecule has 0 saturated carbocycles. The number of aryl methyl sites for hydroxylation is 1. The predicted molar refractivity (Wildman–Crippen MR) is 75.7 cm³/mol. The third-order valence-corrected chi connectivity index (χ3v) is 3.25. The summed E-state index contributed by atoms with van der Waals surface area (Å²) >= 11 is 0. The summed E-state index contributed by atoms with van der Waals surface area (Å²) in [6.07, 6.45) is 0.676. The van der Waals surface area contributed by atoms with Crippen molar-refractivity contribution >= 4 is 11.9 Å². The number of rotatable bonds is 7. The van der Waals surface area contributed by atoms with Gasteiger partial charge in [0.15, 0.2) is 6.61 Å². The molecule has 1 rings (SSSR count). The molecule has 0 aliphatic carbocycles. The third kappa shape index (κ3) is 4.57. The summed E-state index contributed by atoms with van der Waals surface area (Å²) in [5.41, 5.74) is 0.928. The molecule has 20 heavy (non-hydrogen) atoms. The number of benzene rings is 1. The van der Waals surface area contributed by atoms with E-state index in [4.69, 9.17) is 9.84 Å². The Morgan fingerprint density at radius 3 is 2.55 bits per heavy atom. The Kier molecular flexibility index (Phi) is 6.03. The average Bonchev–Trinajstić information content (AvgIpc) is 2.42. The number of hydrogen-bond donors (Lipinski definition) is 2. The summed E-state index contributed by atoms with van der Waals surface area (Å²) < 4.78 is 5.39. The van der Waals surface area contributed by atoms with Crippen LogP contribution in [0.1, 0.15) is 25.8 Å². The highest BCUT2D eigenvalue weighted by Gasteiger charge is 2.25. The number of carboxylic acid groups (broad SMARTS) is 1. The number of amides is 1. The van der Waals surface area contributed by atoms with Gasteiger partial charge in [0.05, 0.1) is 0 Å². The lowest BCUT2D eigenvalue weighted by Crippen LogP contribution is -2.46. The van der Waals surface area contributed by atoms with E-state index >= 15 is 0 Å². The van der Waals surface area contributed by atoms with Crippen LogP contribution in [0.2, 0.25) is 0 Å². The van der Waals surface area contributed by atoms with Crippen molar-refractivity contribution in [3.05, 3.63) is 29.8 Å². The van der Waals surface area contributed by atoms with Crippen LogP contribution in [0.4, 0.5) is 0 Å². The molecule has 0 radical (unpaired) electrons. The number of carbonyl (C=O) groups is 2. The Hall–Kier alpha value is -2.04. The van der Waals surface area contributed by atoms with E-state index in [1.54, 1.807) is 13.0 Å². The minimum atomic E-state index is -1.02. The Balaban J connectivity index is 2.55. The van der Waals surface area contributed by atoms with Crippen molar-refractivity contribution < 1.29 is 19.4 Å². The van der Waals surface area contributed by atoms with Gasteiger partial charge in [-0.2, -0.15) is 0 Å². The van der Waals surface area contributed by atoms with Crippen molar-refractivity contribution in [2.45, 2.75) is 33.2 Å². The van der Waals surface area contributed by atoms with E-state index < -0.39 is 17.9 Å². The molecule has 0 bridgehead atoms. The standard InChI is InChI=1S/C15H21NO4/c1-4-10(2)14(15(18)19)16-13(17)9-20-12-8-6-5-7-11(12)3/h5-8,10,14H,4,9H2,1-3H3,(H,16,17)(H,18,19)/t10-,14-/m0/s1. The third-order valence-electron chi connectivity index (χ3n) is 3.25. The first kappa shape index (κ1) is 16.0. The minimum Gasteiger partial charge on any atom is -0.484 e. The number of aliphatic carboxylic acids is 1. The zero-order chi connectivity index (χ0) is 15.1. The van der Waals surface area contributed by atoms with Crippen molar-refractivity contribution in [1.29, 1.82) is 0 Å².